The minimum Gasteiger partial charge on any atom is -0.462 e. The maximum atomic E-state index is 12.8. The summed E-state index contributed by atoms with van der Waals surface area (Å²) in [5.41, 5.74) is 0. The third-order valence-corrected chi connectivity index (χ3v) is 11.5. The van der Waals surface area contributed by atoms with Gasteiger partial charge in [-0.3, -0.25) is 18.6 Å². The van der Waals surface area contributed by atoms with E-state index in [4.69, 9.17) is 18.5 Å². The molecule has 6 N–H and O–H groups in total. The Balaban J connectivity index is 2.42. The second kappa shape index (κ2) is 39.9. The number of aliphatic hydroxyl groups excluding tert-OH is 5. The van der Waals surface area contributed by atoms with Crippen molar-refractivity contribution in [3.8, 4) is 0 Å². The molecule has 0 radical (unpaired) electrons. The van der Waals surface area contributed by atoms with E-state index in [0.717, 1.165) is 116 Å². The van der Waals surface area contributed by atoms with Gasteiger partial charge in [0, 0.05) is 12.8 Å². The molecule has 0 aromatic carbocycles. The Morgan fingerprint density at radius 2 is 0.908 bits per heavy atom. The van der Waals surface area contributed by atoms with E-state index in [1.165, 1.54) is 0 Å². The summed E-state index contributed by atoms with van der Waals surface area (Å²) in [4.78, 5) is 35.7. The van der Waals surface area contributed by atoms with Crippen molar-refractivity contribution in [2.45, 2.75) is 198 Å². The van der Waals surface area contributed by atoms with Gasteiger partial charge in [-0.15, -0.1) is 0 Å². The summed E-state index contributed by atoms with van der Waals surface area (Å²) in [6.07, 6.45) is 40.3. The molecule has 1 fully saturated rings. The van der Waals surface area contributed by atoms with Crippen molar-refractivity contribution in [3.63, 3.8) is 0 Å². The van der Waals surface area contributed by atoms with E-state index in [9.17, 15) is 44.6 Å². The van der Waals surface area contributed by atoms with Gasteiger partial charge < -0.3 is 39.9 Å². The van der Waals surface area contributed by atoms with Crippen molar-refractivity contribution in [1.29, 1.82) is 0 Å². The first kappa shape index (κ1) is 59.8. The van der Waals surface area contributed by atoms with Crippen LogP contribution in [0.4, 0.5) is 0 Å². The zero-order valence-corrected chi connectivity index (χ0v) is 40.1. The Bertz CT molecular complexity index is 1500. The van der Waals surface area contributed by atoms with Crippen molar-refractivity contribution in [1.82, 2.24) is 0 Å². The molecule has 1 rings (SSSR count). The smallest absolute Gasteiger partial charge is 0.462 e. The number of aliphatic hydroxyl groups is 5. The number of hydrogen-bond donors (Lipinski definition) is 6. The first-order valence-corrected chi connectivity index (χ1v) is 25.6. The van der Waals surface area contributed by atoms with Crippen LogP contribution in [0.2, 0.25) is 0 Å². The lowest BCUT2D eigenvalue weighted by atomic mass is 9.85. The maximum Gasteiger partial charge on any atom is 0.472 e. The number of carbonyl (C=O) groups is 2. The molecule has 0 aromatic rings. The van der Waals surface area contributed by atoms with E-state index in [1.807, 2.05) is 24.3 Å². The topological polar surface area (TPSA) is 210 Å². The number of ether oxygens (including phenoxy) is 2. The molecule has 1 aliphatic carbocycles. The van der Waals surface area contributed by atoms with E-state index in [0.29, 0.717) is 12.8 Å². The van der Waals surface area contributed by atoms with Gasteiger partial charge >= 0.3 is 19.8 Å². The number of phosphoric acid groups is 1. The van der Waals surface area contributed by atoms with Gasteiger partial charge in [-0.1, -0.05) is 162 Å². The quantitative estimate of drug-likeness (QED) is 0.0112. The molecule has 0 spiro atoms. The molecule has 0 amide bonds. The Kier molecular flexibility index (Phi) is 36.7. The molecule has 1 saturated carbocycles. The number of esters is 2. The van der Waals surface area contributed by atoms with Crippen LogP contribution in [-0.2, 0) is 32.7 Å². The lowest BCUT2D eigenvalue weighted by molar-refractivity contribution is -0.220. The van der Waals surface area contributed by atoms with Crippen LogP contribution >= 0.6 is 7.82 Å². The predicted molar refractivity (Wildman–Crippen MR) is 258 cm³/mol. The van der Waals surface area contributed by atoms with Crippen molar-refractivity contribution in [3.05, 3.63) is 97.2 Å². The molecule has 1 aliphatic rings. The molecule has 0 heterocycles. The molecule has 7 unspecified atom stereocenters. The Morgan fingerprint density at radius 3 is 1.43 bits per heavy atom. The predicted octanol–water partition coefficient (Wildman–Crippen LogP) is 9.83. The van der Waals surface area contributed by atoms with Crippen LogP contribution in [0.3, 0.4) is 0 Å². The highest BCUT2D eigenvalue weighted by Crippen LogP contribution is 2.47. The first-order valence-electron chi connectivity index (χ1n) is 24.1. The van der Waals surface area contributed by atoms with Crippen LogP contribution in [0.25, 0.3) is 0 Å². The van der Waals surface area contributed by atoms with Crippen LogP contribution in [0.5, 0.6) is 0 Å². The SMILES string of the molecule is CC/C=C/C=C/C=C/CCCCCCCC(=O)OC(COC(=O)CCCCCCCCC/C=C/C/C=C/C/C=C/C/C=C/C/C=C/CC)COP(=O)(O)OC1C(O)C(O)C(O)[C@H](O)C1O. The fourth-order valence-corrected chi connectivity index (χ4v) is 7.64. The van der Waals surface area contributed by atoms with Gasteiger partial charge in [0.2, 0.25) is 0 Å². The van der Waals surface area contributed by atoms with Crippen LogP contribution in [0.15, 0.2) is 97.2 Å². The molecule has 370 valence electrons. The molecule has 14 heteroatoms. The zero-order chi connectivity index (χ0) is 47.8. The highest BCUT2D eigenvalue weighted by Gasteiger charge is 2.51. The maximum absolute atomic E-state index is 12.8. The Labute approximate surface area is 390 Å². The third-order valence-electron chi connectivity index (χ3n) is 10.5. The lowest BCUT2D eigenvalue weighted by Crippen LogP contribution is -2.64. The monoisotopic (exact) mass is 935 g/mol. The van der Waals surface area contributed by atoms with Gasteiger partial charge in [0.05, 0.1) is 6.61 Å². The summed E-state index contributed by atoms with van der Waals surface area (Å²) in [6.45, 7) is 3.01. The third kappa shape index (κ3) is 32.2. The second-order valence-electron chi connectivity index (χ2n) is 16.3. The average molecular weight is 935 g/mol. The van der Waals surface area contributed by atoms with Crippen molar-refractivity contribution in [2.24, 2.45) is 0 Å². The van der Waals surface area contributed by atoms with Gasteiger partial charge in [-0.25, -0.2) is 4.57 Å². The zero-order valence-electron chi connectivity index (χ0n) is 39.2. The van der Waals surface area contributed by atoms with Crippen LogP contribution in [0, 0.1) is 0 Å². The molecular formula is C51H83O13P. The fraction of sp³-hybridized carbons (Fsp3) is 0.647. The van der Waals surface area contributed by atoms with Crippen molar-refractivity contribution >= 4 is 19.8 Å². The molecular weight excluding hydrogens is 852 g/mol. The molecule has 0 bridgehead atoms. The molecule has 0 aromatic heterocycles. The number of hydrogen-bond acceptors (Lipinski definition) is 12. The van der Waals surface area contributed by atoms with E-state index in [1.54, 1.807) is 0 Å². The summed E-state index contributed by atoms with van der Waals surface area (Å²) in [5, 5.41) is 50.2. The number of unbranched alkanes of at least 4 members (excludes halogenated alkanes) is 12. The fourth-order valence-electron chi connectivity index (χ4n) is 6.67. The average Bonchev–Trinajstić information content (AvgIpc) is 3.29. The van der Waals surface area contributed by atoms with E-state index in [-0.39, 0.29) is 12.8 Å². The molecule has 0 saturated heterocycles. The van der Waals surface area contributed by atoms with Crippen molar-refractivity contribution < 1.29 is 63.1 Å². The summed E-state index contributed by atoms with van der Waals surface area (Å²) in [5.74, 6) is -1.15. The van der Waals surface area contributed by atoms with Gasteiger partial charge in [0.1, 0.15) is 43.2 Å². The first-order chi connectivity index (χ1) is 31.4. The van der Waals surface area contributed by atoms with Crippen LogP contribution < -0.4 is 0 Å². The minimum atomic E-state index is -5.13. The number of allylic oxidation sites excluding steroid dienone is 16. The molecule has 0 aliphatic heterocycles. The summed E-state index contributed by atoms with van der Waals surface area (Å²) < 4.78 is 33.5. The number of carbonyl (C=O) groups excluding carboxylic acids is 2. The summed E-state index contributed by atoms with van der Waals surface area (Å²) >= 11 is 0. The highest BCUT2D eigenvalue weighted by molar-refractivity contribution is 7.47. The van der Waals surface area contributed by atoms with E-state index >= 15 is 0 Å². The number of phosphoric ester groups is 1. The van der Waals surface area contributed by atoms with E-state index < -0.39 is 75.7 Å². The molecule has 65 heavy (non-hydrogen) atoms. The van der Waals surface area contributed by atoms with Crippen LogP contribution in [0.1, 0.15) is 155 Å². The minimum absolute atomic E-state index is 0.0651. The van der Waals surface area contributed by atoms with Crippen LogP contribution in [-0.4, -0.2) is 98.3 Å². The largest absolute Gasteiger partial charge is 0.472 e. The molecule has 13 nitrogen and oxygen atoms in total. The summed E-state index contributed by atoms with van der Waals surface area (Å²) in [7, 11) is -5.13. The van der Waals surface area contributed by atoms with Gasteiger partial charge in [-0.05, 0) is 77.0 Å². The lowest BCUT2D eigenvalue weighted by Gasteiger charge is -2.41. The Hall–Kier alpha value is -3.23. The Morgan fingerprint density at radius 1 is 0.492 bits per heavy atom. The van der Waals surface area contributed by atoms with Gasteiger partial charge in [0.15, 0.2) is 6.10 Å². The molecule has 8 atom stereocenters. The van der Waals surface area contributed by atoms with Gasteiger partial charge in [0.25, 0.3) is 0 Å². The highest BCUT2D eigenvalue weighted by atomic mass is 31.2. The standard InChI is InChI=1S/C51H83O13P/c1-3-5-7-9-11-13-15-17-18-19-20-21-22-23-24-25-26-28-29-31-33-35-37-39-44(52)61-41-43(42-62-65(59,60)64-51-49(57)47(55)46(54)48(56)50(51)58)63-45(53)40-38-36-34-32-30-27-16-14-12-10-8-6-4-2/h5-8,10-14,16-18,20-21,23-24,43,46-51,54-58H,3-4,9,15,19,22,25-42H2,1-2H3,(H,59,60)/b7-5+,8-6+,12-10+,13-11+,16-14+,18-17+,21-20+,24-23+/t43?,46?,47-,48?,49?,50?,51?/m0/s1. The number of rotatable bonds is 38. The second-order valence-corrected chi connectivity index (χ2v) is 17.7. The normalized spacial score (nSPS) is 22.3. The van der Waals surface area contributed by atoms with Gasteiger partial charge in [-0.2, -0.15) is 0 Å². The van der Waals surface area contributed by atoms with E-state index in [2.05, 4.69) is 86.8 Å². The van der Waals surface area contributed by atoms with Crippen molar-refractivity contribution in [2.75, 3.05) is 13.2 Å². The summed E-state index contributed by atoms with van der Waals surface area (Å²) in [6, 6.07) is 0.